The Balaban J connectivity index is 1.29. The topological polar surface area (TPSA) is 26.3 Å². The van der Waals surface area contributed by atoms with Crippen molar-refractivity contribution in [3.8, 4) is 0 Å². The second kappa shape index (κ2) is 5.12. The van der Waals surface area contributed by atoms with Gasteiger partial charge in [-0.05, 0) is 43.4 Å². The van der Waals surface area contributed by atoms with Gasteiger partial charge in [-0.15, -0.1) is 0 Å². The van der Waals surface area contributed by atoms with Gasteiger partial charge in [0.15, 0.2) is 0 Å². The second-order valence-corrected chi connectivity index (χ2v) is 10.3. The van der Waals surface area contributed by atoms with Gasteiger partial charge in [0.2, 0.25) is 0 Å². The van der Waals surface area contributed by atoms with Crippen molar-refractivity contribution < 1.29 is 9.53 Å². The number of esters is 1. The third-order valence-electron chi connectivity index (χ3n) is 5.84. The van der Waals surface area contributed by atoms with Gasteiger partial charge in [-0.3, -0.25) is 4.79 Å². The van der Waals surface area contributed by atoms with Crippen LogP contribution in [0.3, 0.4) is 0 Å². The zero-order valence-corrected chi connectivity index (χ0v) is 13.9. The van der Waals surface area contributed by atoms with E-state index in [1.165, 1.54) is 19.3 Å². The van der Waals surface area contributed by atoms with Crippen LogP contribution in [0.15, 0.2) is 0 Å². The van der Waals surface area contributed by atoms with Gasteiger partial charge in [-0.2, -0.15) is 23.5 Å². The summed E-state index contributed by atoms with van der Waals surface area (Å²) in [4.78, 5) is 12.4. The van der Waals surface area contributed by atoms with E-state index < -0.39 is 0 Å². The SMILES string of the molecule is CC1CC2SC2CC1COC(=O)C1CC2S[C@@H]2CC1C. The van der Waals surface area contributed by atoms with Crippen molar-refractivity contribution in [3.05, 3.63) is 0 Å². The highest BCUT2D eigenvalue weighted by molar-refractivity contribution is 8.08. The van der Waals surface area contributed by atoms with Crippen LogP contribution in [-0.4, -0.2) is 33.6 Å². The Morgan fingerprint density at radius 1 is 0.950 bits per heavy atom. The zero-order valence-electron chi connectivity index (χ0n) is 12.3. The summed E-state index contributed by atoms with van der Waals surface area (Å²) in [5.74, 6) is 2.13. The fourth-order valence-corrected chi connectivity index (χ4v) is 6.81. The van der Waals surface area contributed by atoms with Crippen LogP contribution < -0.4 is 0 Å². The van der Waals surface area contributed by atoms with Crippen LogP contribution in [0.5, 0.6) is 0 Å². The maximum absolute atomic E-state index is 12.4. The van der Waals surface area contributed by atoms with Crippen molar-refractivity contribution in [2.75, 3.05) is 6.61 Å². The molecule has 2 aliphatic heterocycles. The normalized spacial score (nSPS) is 52.7. The molecule has 0 radical (unpaired) electrons. The third kappa shape index (κ3) is 2.63. The summed E-state index contributed by atoms with van der Waals surface area (Å²) in [6.07, 6.45) is 4.88. The first-order valence-corrected chi connectivity index (χ1v) is 9.98. The number of carbonyl (C=O) groups excluding carboxylic acids is 1. The molecule has 0 bridgehead atoms. The smallest absolute Gasteiger partial charge is 0.309 e. The van der Waals surface area contributed by atoms with Crippen LogP contribution in [0.1, 0.15) is 39.5 Å². The molecule has 0 aromatic carbocycles. The van der Waals surface area contributed by atoms with Crippen LogP contribution >= 0.6 is 23.5 Å². The van der Waals surface area contributed by atoms with Crippen LogP contribution in [0.4, 0.5) is 0 Å². The highest BCUT2D eigenvalue weighted by atomic mass is 32.2. The van der Waals surface area contributed by atoms with E-state index in [1.54, 1.807) is 0 Å². The molecule has 2 saturated heterocycles. The number of ether oxygens (including phenoxy) is 1. The number of thioether (sulfide) groups is 2. The molecule has 4 aliphatic rings. The molecule has 4 heteroatoms. The van der Waals surface area contributed by atoms with Crippen molar-refractivity contribution in [1.82, 2.24) is 0 Å². The van der Waals surface area contributed by atoms with Crippen molar-refractivity contribution in [3.63, 3.8) is 0 Å². The highest BCUT2D eigenvalue weighted by Crippen LogP contribution is 2.55. The first kappa shape index (κ1) is 13.8. The molecule has 2 heterocycles. The average Bonchev–Trinajstić information content (AvgIpc) is 3.29. The summed E-state index contributed by atoms with van der Waals surface area (Å²) < 4.78 is 5.74. The molecule has 0 spiro atoms. The van der Waals surface area contributed by atoms with Gasteiger partial charge in [0.05, 0.1) is 12.5 Å². The number of carbonyl (C=O) groups is 1. The van der Waals surface area contributed by atoms with E-state index in [9.17, 15) is 4.79 Å². The summed E-state index contributed by atoms with van der Waals surface area (Å²) in [6, 6.07) is 0. The maximum atomic E-state index is 12.4. The number of hydrogen-bond donors (Lipinski definition) is 0. The van der Waals surface area contributed by atoms with Crippen molar-refractivity contribution in [1.29, 1.82) is 0 Å². The Labute approximate surface area is 130 Å². The van der Waals surface area contributed by atoms with Crippen LogP contribution in [0.2, 0.25) is 0 Å². The lowest BCUT2D eigenvalue weighted by Crippen LogP contribution is -2.33. The van der Waals surface area contributed by atoms with E-state index in [1.807, 2.05) is 0 Å². The largest absolute Gasteiger partial charge is 0.465 e. The van der Waals surface area contributed by atoms with Crippen molar-refractivity contribution >= 4 is 29.5 Å². The number of hydrogen-bond acceptors (Lipinski definition) is 4. The highest BCUT2D eigenvalue weighted by Gasteiger charge is 2.49. The van der Waals surface area contributed by atoms with E-state index >= 15 is 0 Å². The predicted octanol–water partition coefficient (Wildman–Crippen LogP) is 3.59. The molecule has 2 nitrogen and oxygen atoms in total. The summed E-state index contributed by atoms with van der Waals surface area (Å²) in [6.45, 7) is 5.24. The standard InChI is InChI=1S/C16H24O2S2/c1-8-3-12-14(19-12)5-10(8)7-18-16(17)11-6-15-13(20-15)4-9(11)2/h8-15H,3-7H2,1-2H3/t8?,9?,10?,11?,12?,13-,14?,15?/m1/s1. The van der Waals surface area contributed by atoms with Crippen LogP contribution in [0, 0.1) is 23.7 Å². The van der Waals surface area contributed by atoms with Gasteiger partial charge in [-0.25, -0.2) is 0 Å². The predicted molar refractivity (Wildman–Crippen MR) is 85.1 cm³/mol. The Morgan fingerprint density at radius 2 is 1.55 bits per heavy atom. The summed E-state index contributed by atoms with van der Waals surface area (Å²) in [5, 5.41) is 3.43. The molecular weight excluding hydrogens is 288 g/mol. The van der Waals surface area contributed by atoms with Crippen molar-refractivity contribution in [2.24, 2.45) is 23.7 Å². The molecule has 0 N–H and O–H groups in total. The Morgan fingerprint density at radius 3 is 2.30 bits per heavy atom. The Kier molecular flexibility index (Phi) is 3.53. The zero-order chi connectivity index (χ0) is 13.9. The first-order chi connectivity index (χ1) is 9.61. The van der Waals surface area contributed by atoms with E-state index in [0.29, 0.717) is 18.4 Å². The fraction of sp³-hybridized carbons (Fsp3) is 0.938. The molecule has 7 unspecified atom stereocenters. The molecule has 0 aromatic heterocycles. The molecule has 4 rings (SSSR count). The summed E-state index contributed by atoms with van der Waals surface area (Å²) in [7, 11) is 0. The van der Waals surface area contributed by atoms with Crippen LogP contribution in [-0.2, 0) is 9.53 Å². The minimum absolute atomic E-state index is 0.0984. The monoisotopic (exact) mass is 312 g/mol. The third-order valence-corrected chi connectivity index (χ3v) is 8.69. The molecule has 0 aromatic rings. The summed E-state index contributed by atoms with van der Waals surface area (Å²) >= 11 is 4.20. The molecular formula is C16H24O2S2. The minimum atomic E-state index is 0.0984. The molecule has 8 atom stereocenters. The number of rotatable bonds is 3. The van der Waals surface area contributed by atoms with Gasteiger partial charge in [0.25, 0.3) is 0 Å². The van der Waals surface area contributed by atoms with E-state index in [-0.39, 0.29) is 11.9 Å². The van der Waals surface area contributed by atoms with Gasteiger partial charge in [-0.1, -0.05) is 13.8 Å². The lowest BCUT2D eigenvalue weighted by atomic mass is 9.80. The molecule has 0 amide bonds. The van der Waals surface area contributed by atoms with Gasteiger partial charge >= 0.3 is 5.97 Å². The van der Waals surface area contributed by atoms with Crippen LogP contribution in [0.25, 0.3) is 0 Å². The van der Waals surface area contributed by atoms with Gasteiger partial charge < -0.3 is 4.74 Å². The maximum Gasteiger partial charge on any atom is 0.309 e. The first-order valence-electron chi connectivity index (χ1n) is 8.09. The molecule has 2 aliphatic carbocycles. The van der Waals surface area contributed by atoms with Crippen molar-refractivity contribution in [2.45, 2.75) is 60.5 Å². The molecule has 112 valence electrons. The van der Waals surface area contributed by atoms with Gasteiger partial charge in [0, 0.05) is 21.0 Å². The minimum Gasteiger partial charge on any atom is -0.465 e. The Hall–Kier alpha value is 0.170. The lowest BCUT2D eigenvalue weighted by Gasteiger charge is -2.29. The molecule has 20 heavy (non-hydrogen) atoms. The van der Waals surface area contributed by atoms with E-state index in [0.717, 1.165) is 33.3 Å². The second-order valence-electron chi connectivity index (χ2n) is 7.32. The lowest BCUT2D eigenvalue weighted by molar-refractivity contribution is -0.153. The van der Waals surface area contributed by atoms with Gasteiger partial charge in [0.1, 0.15) is 0 Å². The molecule has 4 fully saturated rings. The van der Waals surface area contributed by atoms with E-state index in [4.69, 9.17) is 4.74 Å². The Bertz CT molecular complexity index is 413. The number of fused-ring (bicyclic) bond motifs is 2. The summed E-state index contributed by atoms with van der Waals surface area (Å²) in [5.41, 5.74) is 0. The fourth-order valence-electron chi connectivity index (χ4n) is 4.15. The molecule has 2 saturated carbocycles. The van der Waals surface area contributed by atoms with E-state index in [2.05, 4.69) is 37.4 Å². The quantitative estimate of drug-likeness (QED) is 0.588. The average molecular weight is 313 g/mol.